The molecule has 0 heterocycles. The van der Waals surface area contributed by atoms with Gasteiger partial charge < -0.3 is 10.1 Å². The molecule has 9 nitrogen and oxygen atoms in total. The predicted molar refractivity (Wildman–Crippen MR) is 90.1 cm³/mol. The molecule has 2 rings (SSSR count). The third-order valence-corrected chi connectivity index (χ3v) is 3.56. The number of halogens is 1. The fourth-order valence-electron chi connectivity index (χ4n) is 2.01. The van der Waals surface area contributed by atoms with Crippen molar-refractivity contribution >= 4 is 34.6 Å². The largest absolute Gasteiger partial charge is 0.482 e. The molecule has 1 amide bonds. The Morgan fingerprint density at radius 3 is 2.52 bits per heavy atom. The van der Waals surface area contributed by atoms with E-state index in [9.17, 15) is 25.0 Å². The molecule has 0 aliphatic rings. The molecule has 0 bridgehead atoms. The van der Waals surface area contributed by atoms with E-state index in [0.717, 1.165) is 6.07 Å². The van der Waals surface area contributed by atoms with Crippen LogP contribution in [-0.2, 0) is 4.79 Å². The summed E-state index contributed by atoms with van der Waals surface area (Å²) in [5, 5.41) is 24.0. The maximum atomic E-state index is 11.9. The summed E-state index contributed by atoms with van der Waals surface area (Å²) in [5.74, 6) is -0.448. The Labute approximate surface area is 146 Å². The molecule has 0 saturated carbocycles. The summed E-state index contributed by atoms with van der Waals surface area (Å²) in [6.45, 7) is 1.10. The molecule has 2 aromatic carbocycles. The third kappa shape index (κ3) is 4.42. The first-order chi connectivity index (χ1) is 11.8. The van der Waals surface area contributed by atoms with Crippen LogP contribution in [0.1, 0.15) is 5.56 Å². The van der Waals surface area contributed by atoms with Crippen LogP contribution in [0.2, 0.25) is 5.02 Å². The zero-order valence-electron chi connectivity index (χ0n) is 12.9. The van der Waals surface area contributed by atoms with Gasteiger partial charge in [-0.15, -0.1) is 0 Å². The van der Waals surface area contributed by atoms with Gasteiger partial charge in [-0.2, -0.15) is 0 Å². The van der Waals surface area contributed by atoms with E-state index in [1.54, 1.807) is 0 Å². The summed E-state index contributed by atoms with van der Waals surface area (Å²) < 4.78 is 5.22. The fourth-order valence-corrected chi connectivity index (χ4v) is 2.24. The first-order valence-corrected chi connectivity index (χ1v) is 7.28. The monoisotopic (exact) mass is 365 g/mol. The van der Waals surface area contributed by atoms with Crippen LogP contribution in [0, 0.1) is 27.2 Å². The summed E-state index contributed by atoms with van der Waals surface area (Å²) >= 11 is 5.86. The smallest absolute Gasteiger partial charge is 0.274 e. The first-order valence-electron chi connectivity index (χ1n) is 6.90. The number of amides is 1. The Morgan fingerprint density at radius 2 is 1.92 bits per heavy atom. The summed E-state index contributed by atoms with van der Waals surface area (Å²) in [6.07, 6.45) is 0. The molecule has 0 fully saturated rings. The van der Waals surface area contributed by atoms with Gasteiger partial charge in [-0.3, -0.25) is 25.0 Å². The van der Waals surface area contributed by atoms with E-state index in [0.29, 0.717) is 5.56 Å². The highest BCUT2D eigenvalue weighted by atomic mass is 35.5. The zero-order valence-corrected chi connectivity index (χ0v) is 13.6. The number of anilines is 1. The van der Waals surface area contributed by atoms with Crippen LogP contribution in [-0.4, -0.2) is 22.4 Å². The van der Waals surface area contributed by atoms with E-state index in [2.05, 4.69) is 5.32 Å². The van der Waals surface area contributed by atoms with Crippen molar-refractivity contribution in [2.45, 2.75) is 6.92 Å². The molecule has 130 valence electrons. The van der Waals surface area contributed by atoms with Gasteiger partial charge in [-0.1, -0.05) is 17.7 Å². The van der Waals surface area contributed by atoms with Crippen molar-refractivity contribution in [1.29, 1.82) is 0 Å². The van der Waals surface area contributed by atoms with Crippen LogP contribution in [0.5, 0.6) is 5.75 Å². The second-order valence-electron chi connectivity index (χ2n) is 4.92. The second-order valence-corrected chi connectivity index (χ2v) is 5.32. The summed E-state index contributed by atoms with van der Waals surface area (Å²) in [7, 11) is 0. The van der Waals surface area contributed by atoms with Crippen LogP contribution in [0.15, 0.2) is 36.4 Å². The van der Waals surface area contributed by atoms with Gasteiger partial charge in [0.2, 0.25) is 0 Å². The van der Waals surface area contributed by atoms with Gasteiger partial charge in [0.05, 0.1) is 26.1 Å². The molecule has 0 aromatic heterocycles. The van der Waals surface area contributed by atoms with E-state index in [1.807, 2.05) is 0 Å². The van der Waals surface area contributed by atoms with Crippen LogP contribution < -0.4 is 10.1 Å². The van der Waals surface area contributed by atoms with Gasteiger partial charge in [0.1, 0.15) is 5.75 Å². The number of nitro benzene ring substituents is 2. The zero-order chi connectivity index (χ0) is 18.6. The van der Waals surface area contributed by atoms with Gasteiger partial charge in [-0.25, -0.2) is 0 Å². The number of carbonyl (C=O) groups excluding carboxylic acids is 1. The highest BCUT2D eigenvalue weighted by molar-refractivity contribution is 6.32. The molecule has 25 heavy (non-hydrogen) atoms. The maximum absolute atomic E-state index is 11.9. The van der Waals surface area contributed by atoms with Crippen molar-refractivity contribution in [2.24, 2.45) is 0 Å². The van der Waals surface area contributed by atoms with Crippen LogP contribution in [0.25, 0.3) is 0 Å². The molecule has 0 radical (unpaired) electrons. The number of nitrogens with zero attached hydrogens (tertiary/aromatic N) is 2. The molecular formula is C15H12ClN3O6. The van der Waals surface area contributed by atoms with Crippen molar-refractivity contribution in [3.63, 3.8) is 0 Å². The lowest BCUT2D eigenvalue weighted by Crippen LogP contribution is -2.21. The van der Waals surface area contributed by atoms with E-state index in [4.69, 9.17) is 16.3 Å². The number of rotatable bonds is 6. The molecule has 0 aliphatic carbocycles. The number of ether oxygens (including phenoxy) is 1. The van der Waals surface area contributed by atoms with Crippen molar-refractivity contribution < 1.29 is 19.4 Å². The predicted octanol–water partition coefficient (Wildman–Crippen LogP) is 3.48. The van der Waals surface area contributed by atoms with E-state index in [-0.39, 0.29) is 27.8 Å². The van der Waals surface area contributed by atoms with E-state index in [1.165, 1.54) is 37.3 Å². The van der Waals surface area contributed by atoms with Crippen LogP contribution in [0.4, 0.5) is 17.1 Å². The molecule has 0 spiro atoms. The van der Waals surface area contributed by atoms with Gasteiger partial charge in [0.15, 0.2) is 6.61 Å². The Balaban J connectivity index is 2.03. The van der Waals surface area contributed by atoms with E-state index >= 15 is 0 Å². The van der Waals surface area contributed by atoms with Gasteiger partial charge in [0.25, 0.3) is 17.3 Å². The van der Waals surface area contributed by atoms with Gasteiger partial charge in [0, 0.05) is 18.2 Å². The Hall–Kier alpha value is -3.20. The summed E-state index contributed by atoms with van der Waals surface area (Å²) in [4.78, 5) is 32.3. The molecule has 0 saturated heterocycles. The number of carbonyl (C=O) groups is 1. The molecule has 0 unspecified atom stereocenters. The van der Waals surface area contributed by atoms with Crippen molar-refractivity contribution in [2.75, 3.05) is 11.9 Å². The molecule has 0 aliphatic heterocycles. The molecular weight excluding hydrogens is 354 g/mol. The van der Waals surface area contributed by atoms with Crippen molar-refractivity contribution in [3.05, 3.63) is 67.2 Å². The Bertz CT molecular complexity index is 855. The average Bonchev–Trinajstić information content (AvgIpc) is 2.55. The number of hydrogen-bond acceptors (Lipinski definition) is 6. The van der Waals surface area contributed by atoms with Crippen LogP contribution in [0.3, 0.4) is 0 Å². The highest BCUT2D eigenvalue weighted by Gasteiger charge is 2.16. The lowest BCUT2D eigenvalue weighted by atomic mass is 10.1. The van der Waals surface area contributed by atoms with Gasteiger partial charge >= 0.3 is 0 Å². The Morgan fingerprint density at radius 1 is 1.20 bits per heavy atom. The number of nitro groups is 2. The van der Waals surface area contributed by atoms with Crippen molar-refractivity contribution in [1.82, 2.24) is 0 Å². The SMILES string of the molecule is Cc1c(NC(=O)COc2ccc([N+](=O)[O-])cc2Cl)cccc1[N+](=O)[O-]. The molecule has 10 heteroatoms. The average molecular weight is 366 g/mol. The van der Waals surface area contributed by atoms with Crippen molar-refractivity contribution in [3.8, 4) is 5.75 Å². The minimum absolute atomic E-state index is 0.00599. The third-order valence-electron chi connectivity index (χ3n) is 3.26. The fraction of sp³-hybridized carbons (Fsp3) is 0.133. The number of hydrogen-bond donors (Lipinski definition) is 1. The van der Waals surface area contributed by atoms with Gasteiger partial charge in [-0.05, 0) is 19.1 Å². The summed E-state index contributed by atoms with van der Waals surface area (Å²) in [5.41, 5.74) is 0.290. The number of nitrogens with one attached hydrogen (secondary N) is 1. The van der Waals surface area contributed by atoms with Crippen LogP contribution >= 0.6 is 11.6 Å². The normalized spacial score (nSPS) is 10.2. The molecule has 1 N–H and O–H groups in total. The minimum atomic E-state index is -0.604. The van der Waals surface area contributed by atoms with E-state index < -0.39 is 22.4 Å². The lowest BCUT2D eigenvalue weighted by molar-refractivity contribution is -0.385. The lowest BCUT2D eigenvalue weighted by Gasteiger charge is -2.10. The second kappa shape index (κ2) is 7.58. The quantitative estimate of drug-likeness (QED) is 0.617. The Kier molecular flexibility index (Phi) is 5.50. The number of benzene rings is 2. The summed E-state index contributed by atoms with van der Waals surface area (Å²) in [6, 6.07) is 7.90. The number of non-ortho nitro benzene ring substituents is 1. The standard InChI is InChI=1S/C15H12ClN3O6/c1-9-12(3-2-4-13(9)19(23)24)17-15(20)8-25-14-6-5-10(18(21)22)7-11(14)16/h2-7H,8H2,1H3,(H,17,20). The maximum Gasteiger partial charge on any atom is 0.274 e. The topological polar surface area (TPSA) is 125 Å². The highest BCUT2D eigenvalue weighted by Crippen LogP contribution is 2.29. The molecule has 0 atom stereocenters. The minimum Gasteiger partial charge on any atom is -0.482 e. The first kappa shape index (κ1) is 18.1. The molecule has 2 aromatic rings.